The number of rotatable bonds is 5. The molecule has 1 aliphatic rings. The number of nitrogens with zero attached hydrogens (tertiary/aromatic N) is 2. The standard InChI is InChI=1S/C17H20FN3O/c1-12-19-9-11-21(12)10-3-6-17(22)20-16-8-7-13-14(16)4-2-5-15(13)18/h2,4-5,9,11,16H,3,6-8,10H2,1H3,(H,20,22)/t16-/m1/s1. The average molecular weight is 301 g/mol. The number of amides is 1. The summed E-state index contributed by atoms with van der Waals surface area (Å²) in [5.74, 6) is 0.824. The van der Waals surface area contributed by atoms with Crippen LogP contribution < -0.4 is 5.32 Å². The van der Waals surface area contributed by atoms with Crippen LogP contribution in [0.4, 0.5) is 4.39 Å². The average Bonchev–Trinajstić information content (AvgIpc) is 3.08. The van der Waals surface area contributed by atoms with Crippen LogP contribution in [0.3, 0.4) is 0 Å². The molecule has 22 heavy (non-hydrogen) atoms. The summed E-state index contributed by atoms with van der Waals surface area (Å²) in [5.41, 5.74) is 1.68. The molecule has 4 nitrogen and oxygen atoms in total. The molecular formula is C17H20FN3O. The summed E-state index contributed by atoms with van der Waals surface area (Å²) in [7, 11) is 0. The van der Waals surface area contributed by atoms with Gasteiger partial charge >= 0.3 is 0 Å². The van der Waals surface area contributed by atoms with E-state index in [0.29, 0.717) is 12.8 Å². The maximum atomic E-state index is 13.7. The normalized spacial score (nSPS) is 16.5. The SMILES string of the molecule is Cc1nccn1CCCC(=O)N[C@@H]1CCc2c(F)cccc21. The van der Waals surface area contributed by atoms with Gasteiger partial charge in [-0.05, 0) is 43.4 Å². The molecule has 0 aliphatic heterocycles. The van der Waals surface area contributed by atoms with Crippen molar-refractivity contribution in [1.82, 2.24) is 14.9 Å². The van der Waals surface area contributed by atoms with E-state index in [-0.39, 0.29) is 17.8 Å². The van der Waals surface area contributed by atoms with Gasteiger partial charge in [0.05, 0.1) is 6.04 Å². The van der Waals surface area contributed by atoms with Gasteiger partial charge in [-0.2, -0.15) is 0 Å². The number of nitrogens with one attached hydrogen (secondary N) is 1. The highest BCUT2D eigenvalue weighted by atomic mass is 19.1. The molecule has 1 aromatic heterocycles. The number of aryl methyl sites for hydroxylation is 2. The molecule has 1 atom stereocenters. The number of fused-ring (bicyclic) bond motifs is 1. The van der Waals surface area contributed by atoms with Gasteiger partial charge in [-0.1, -0.05) is 12.1 Å². The Morgan fingerprint density at radius 3 is 3.14 bits per heavy atom. The van der Waals surface area contributed by atoms with Gasteiger partial charge in [0, 0.05) is 25.4 Å². The Kier molecular flexibility index (Phi) is 4.22. The van der Waals surface area contributed by atoms with Crippen LogP contribution in [0, 0.1) is 12.7 Å². The summed E-state index contributed by atoms with van der Waals surface area (Å²) in [5, 5.41) is 3.03. The van der Waals surface area contributed by atoms with Crippen molar-refractivity contribution >= 4 is 5.91 Å². The first-order chi connectivity index (χ1) is 10.6. The Bertz CT molecular complexity index is 680. The van der Waals surface area contributed by atoms with E-state index in [1.54, 1.807) is 12.3 Å². The molecule has 0 fully saturated rings. The smallest absolute Gasteiger partial charge is 0.220 e. The second kappa shape index (κ2) is 6.30. The summed E-state index contributed by atoms with van der Waals surface area (Å²) in [6.07, 6.45) is 6.40. The molecule has 1 N–H and O–H groups in total. The second-order valence-electron chi connectivity index (χ2n) is 5.74. The number of hydrogen-bond acceptors (Lipinski definition) is 2. The zero-order valence-corrected chi connectivity index (χ0v) is 12.7. The Labute approximate surface area is 129 Å². The van der Waals surface area contributed by atoms with Crippen molar-refractivity contribution in [3.8, 4) is 0 Å². The number of benzene rings is 1. The lowest BCUT2D eigenvalue weighted by Gasteiger charge is -2.14. The van der Waals surface area contributed by atoms with Crippen molar-refractivity contribution in [2.45, 2.75) is 45.2 Å². The van der Waals surface area contributed by atoms with E-state index in [9.17, 15) is 9.18 Å². The van der Waals surface area contributed by atoms with Crippen LogP contribution in [0.25, 0.3) is 0 Å². The van der Waals surface area contributed by atoms with E-state index >= 15 is 0 Å². The predicted molar refractivity (Wildman–Crippen MR) is 81.8 cm³/mol. The summed E-state index contributed by atoms with van der Waals surface area (Å²) in [6, 6.07) is 5.05. The Hall–Kier alpha value is -2.17. The topological polar surface area (TPSA) is 46.9 Å². The molecule has 5 heteroatoms. The third-order valence-corrected chi connectivity index (χ3v) is 4.28. The van der Waals surface area contributed by atoms with E-state index in [0.717, 1.165) is 36.3 Å². The molecule has 3 rings (SSSR count). The lowest BCUT2D eigenvalue weighted by Crippen LogP contribution is -2.27. The number of imidazole rings is 1. The molecule has 0 saturated carbocycles. The van der Waals surface area contributed by atoms with Crippen molar-refractivity contribution in [2.75, 3.05) is 0 Å². The van der Waals surface area contributed by atoms with Crippen LogP contribution in [-0.2, 0) is 17.8 Å². The van der Waals surface area contributed by atoms with Gasteiger partial charge in [-0.3, -0.25) is 4.79 Å². The van der Waals surface area contributed by atoms with Crippen LogP contribution in [0.5, 0.6) is 0 Å². The first-order valence-electron chi connectivity index (χ1n) is 7.69. The summed E-state index contributed by atoms with van der Waals surface area (Å²) in [6.45, 7) is 2.74. The molecule has 1 aliphatic carbocycles. The molecule has 1 amide bonds. The molecule has 1 heterocycles. The number of aromatic nitrogens is 2. The van der Waals surface area contributed by atoms with Gasteiger partial charge in [0.1, 0.15) is 11.6 Å². The highest BCUT2D eigenvalue weighted by molar-refractivity contribution is 5.76. The number of carbonyl (C=O) groups excluding carboxylic acids is 1. The highest BCUT2D eigenvalue weighted by Gasteiger charge is 2.25. The fourth-order valence-electron chi connectivity index (χ4n) is 3.08. The lowest BCUT2D eigenvalue weighted by atomic mass is 10.1. The van der Waals surface area contributed by atoms with E-state index in [1.165, 1.54) is 6.07 Å². The van der Waals surface area contributed by atoms with Crippen molar-refractivity contribution < 1.29 is 9.18 Å². The second-order valence-corrected chi connectivity index (χ2v) is 5.74. The zero-order chi connectivity index (χ0) is 15.5. The molecule has 2 aromatic rings. The maximum absolute atomic E-state index is 13.7. The summed E-state index contributed by atoms with van der Waals surface area (Å²) >= 11 is 0. The van der Waals surface area contributed by atoms with Gasteiger partial charge in [0.15, 0.2) is 0 Å². The number of hydrogen-bond donors (Lipinski definition) is 1. The van der Waals surface area contributed by atoms with Gasteiger partial charge in [0.25, 0.3) is 0 Å². The van der Waals surface area contributed by atoms with Crippen LogP contribution in [0.1, 0.15) is 42.3 Å². The molecule has 0 bridgehead atoms. The highest BCUT2D eigenvalue weighted by Crippen LogP contribution is 2.32. The number of halogens is 1. The molecule has 116 valence electrons. The van der Waals surface area contributed by atoms with E-state index in [1.807, 2.05) is 23.8 Å². The van der Waals surface area contributed by atoms with Gasteiger partial charge < -0.3 is 9.88 Å². The van der Waals surface area contributed by atoms with Crippen LogP contribution in [-0.4, -0.2) is 15.5 Å². The van der Waals surface area contributed by atoms with Gasteiger partial charge in [-0.15, -0.1) is 0 Å². The lowest BCUT2D eigenvalue weighted by molar-refractivity contribution is -0.122. The Balaban J connectivity index is 1.51. The Morgan fingerprint density at radius 2 is 2.36 bits per heavy atom. The third kappa shape index (κ3) is 3.03. The van der Waals surface area contributed by atoms with E-state index in [4.69, 9.17) is 0 Å². The minimum Gasteiger partial charge on any atom is -0.349 e. The number of carbonyl (C=O) groups is 1. The molecule has 0 spiro atoms. The first kappa shape index (κ1) is 14.8. The molecule has 1 aromatic carbocycles. The van der Waals surface area contributed by atoms with Crippen LogP contribution in [0.2, 0.25) is 0 Å². The third-order valence-electron chi connectivity index (χ3n) is 4.28. The molecule has 0 saturated heterocycles. The first-order valence-corrected chi connectivity index (χ1v) is 7.69. The minimum atomic E-state index is -0.162. The van der Waals surface area contributed by atoms with E-state index in [2.05, 4.69) is 10.3 Å². The summed E-state index contributed by atoms with van der Waals surface area (Å²) in [4.78, 5) is 16.2. The molecular weight excluding hydrogens is 281 g/mol. The largest absolute Gasteiger partial charge is 0.349 e. The van der Waals surface area contributed by atoms with Crippen molar-refractivity contribution in [1.29, 1.82) is 0 Å². The van der Waals surface area contributed by atoms with Crippen LogP contribution in [0.15, 0.2) is 30.6 Å². The van der Waals surface area contributed by atoms with Crippen LogP contribution >= 0.6 is 0 Å². The zero-order valence-electron chi connectivity index (χ0n) is 12.7. The summed E-state index contributed by atoms with van der Waals surface area (Å²) < 4.78 is 15.7. The molecule has 0 radical (unpaired) electrons. The van der Waals surface area contributed by atoms with Crippen molar-refractivity contribution in [3.63, 3.8) is 0 Å². The fraction of sp³-hybridized carbons (Fsp3) is 0.412. The fourth-order valence-corrected chi connectivity index (χ4v) is 3.08. The predicted octanol–water partition coefficient (Wildman–Crippen LogP) is 2.91. The van der Waals surface area contributed by atoms with Gasteiger partial charge in [-0.25, -0.2) is 9.37 Å². The van der Waals surface area contributed by atoms with Gasteiger partial charge in [0.2, 0.25) is 5.91 Å². The van der Waals surface area contributed by atoms with E-state index < -0.39 is 0 Å². The maximum Gasteiger partial charge on any atom is 0.220 e. The monoisotopic (exact) mass is 301 g/mol. The minimum absolute atomic E-state index is 0.0277. The quantitative estimate of drug-likeness (QED) is 0.923. The Morgan fingerprint density at radius 1 is 1.50 bits per heavy atom. The van der Waals surface area contributed by atoms with Crippen molar-refractivity contribution in [3.05, 3.63) is 53.4 Å². The molecule has 0 unspecified atom stereocenters. The van der Waals surface area contributed by atoms with Crippen molar-refractivity contribution in [2.24, 2.45) is 0 Å².